The summed E-state index contributed by atoms with van der Waals surface area (Å²) in [6, 6.07) is 15.6. The number of aromatic nitrogens is 2. The Morgan fingerprint density at radius 3 is 2.59 bits per heavy atom. The van der Waals surface area contributed by atoms with Crippen LogP contribution in [0.3, 0.4) is 0 Å². The predicted molar refractivity (Wildman–Crippen MR) is 111 cm³/mol. The molecule has 0 aliphatic heterocycles. The first-order chi connectivity index (χ1) is 13.9. The van der Waals surface area contributed by atoms with Gasteiger partial charge >= 0.3 is 0 Å². The van der Waals surface area contributed by atoms with Gasteiger partial charge in [0.25, 0.3) is 5.91 Å². The lowest BCUT2D eigenvalue weighted by Gasteiger charge is -2.05. The topological polar surface area (TPSA) is 70.7 Å². The number of carbonyl (C=O) groups excluding carboxylic acids is 1. The molecule has 146 valence electrons. The molecule has 3 aromatic rings. The van der Waals surface area contributed by atoms with Crippen molar-refractivity contribution in [2.45, 2.75) is 20.4 Å². The normalized spacial score (nSPS) is 11.2. The molecule has 0 aliphatic carbocycles. The van der Waals surface area contributed by atoms with Crippen molar-refractivity contribution in [3.05, 3.63) is 87.5 Å². The van der Waals surface area contributed by atoms with E-state index in [0.29, 0.717) is 23.0 Å². The Bertz CT molecular complexity index is 1130. The molecule has 0 atom stereocenters. The first-order valence-corrected chi connectivity index (χ1v) is 9.23. The first kappa shape index (κ1) is 20.3. The van der Waals surface area contributed by atoms with Crippen molar-refractivity contribution in [2.75, 3.05) is 5.32 Å². The molecule has 1 aromatic heterocycles. The third kappa shape index (κ3) is 4.71. The summed E-state index contributed by atoms with van der Waals surface area (Å²) in [4.78, 5) is 12.4. The lowest BCUT2D eigenvalue weighted by molar-refractivity contribution is -0.112. The Labute approximate surface area is 173 Å². The van der Waals surface area contributed by atoms with Gasteiger partial charge in [0.05, 0.1) is 17.9 Å². The van der Waals surface area contributed by atoms with Gasteiger partial charge in [-0.3, -0.25) is 4.79 Å². The van der Waals surface area contributed by atoms with E-state index in [1.54, 1.807) is 17.7 Å². The van der Waals surface area contributed by atoms with Crippen molar-refractivity contribution < 1.29 is 9.18 Å². The molecule has 1 heterocycles. The molecule has 1 amide bonds. The summed E-state index contributed by atoms with van der Waals surface area (Å²) in [7, 11) is 0. The fourth-order valence-corrected chi connectivity index (χ4v) is 3.04. The number of halogens is 2. The Kier molecular flexibility index (Phi) is 6.10. The number of benzene rings is 2. The van der Waals surface area contributed by atoms with Crippen LogP contribution in [0.4, 0.5) is 10.1 Å². The number of nitriles is 1. The van der Waals surface area contributed by atoms with Crippen LogP contribution in [0.25, 0.3) is 6.08 Å². The van der Waals surface area contributed by atoms with Crippen LogP contribution in [0.15, 0.2) is 54.1 Å². The fraction of sp³-hybridized carbons (Fsp3) is 0.136. The van der Waals surface area contributed by atoms with E-state index in [2.05, 4.69) is 10.4 Å². The first-order valence-electron chi connectivity index (χ1n) is 8.85. The van der Waals surface area contributed by atoms with Gasteiger partial charge in [-0.15, -0.1) is 0 Å². The summed E-state index contributed by atoms with van der Waals surface area (Å²) in [5.74, 6) is -1.31. The summed E-state index contributed by atoms with van der Waals surface area (Å²) in [5.41, 5.74) is 3.02. The van der Waals surface area contributed by atoms with Crippen LogP contribution in [-0.4, -0.2) is 15.7 Å². The molecule has 7 heteroatoms. The standard InChI is InChI=1S/C22H18ClFN4O/c1-14-7-9-16(10-8-14)13-28-21(23)18(15(2)27-28)11-17(12-25)22(29)26-20-6-4-3-5-19(20)24/h3-11H,13H2,1-2H3,(H,26,29)/b17-11+. The highest BCUT2D eigenvalue weighted by atomic mass is 35.5. The molecule has 0 radical (unpaired) electrons. The summed E-state index contributed by atoms with van der Waals surface area (Å²) in [6.45, 7) is 4.21. The number of amides is 1. The molecular weight excluding hydrogens is 391 g/mol. The van der Waals surface area contributed by atoms with E-state index < -0.39 is 11.7 Å². The molecule has 5 nitrogen and oxygen atoms in total. The molecule has 0 spiro atoms. The third-order valence-corrected chi connectivity index (χ3v) is 4.74. The van der Waals surface area contributed by atoms with E-state index in [1.807, 2.05) is 37.3 Å². The van der Waals surface area contributed by atoms with Gasteiger partial charge in [0.1, 0.15) is 22.6 Å². The second kappa shape index (κ2) is 8.72. The third-order valence-electron chi connectivity index (χ3n) is 4.34. The van der Waals surface area contributed by atoms with Crippen LogP contribution in [0.1, 0.15) is 22.4 Å². The highest BCUT2D eigenvalue weighted by Gasteiger charge is 2.17. The maximum absolute atomic E-state index is 13.8. The highest BCUT2D eigenvalue weighted by molar-refractivity contribution is 6.31. The van der Waals surface area contributed by atoms with Crippen LogP contribution in [-0.2, 0) is 11.3 Å². The molecule has 0 fully saturated rings. The van der Waals surface area contributed by atoms with Crippen LogP contribution >= 0.6 is 11.6 Å². The van der Waals surface area contributed by atoms with Crippen LogP contribution < -0.4 is 5.32 Å². The Hall–Kier alpha value is -3.43. The molecule has 29 heavy (non-hydrogen) atoms. The smallest absolute Gasteiger partial charge is 0.266 e. The van der Waals surface area contributed by atoms with Crippen molar-refractivity contribution in [3.63, 3.8) is 0 Å². The van der Waals surface area contributed by atoms with Gasteiger partial charge in [0.2, 0.25) is 0 Å². The Morgan fingerprint density at radius 2 is 1.93 bits per heavy atom. The largest absolute Gasteiger partial charge is 0.319 e. The van der Waals surface area contributed by atoms with E-state index in [-0.39, 0.29) is 11.3 Å². The summed E-state index contributed by atoms with van der Waals surface area (Å²) in [5, 5.41) is 16.5. The number of hydrogen-bond donors (Lipinski definition) is 1. The van der Waals surface area contributed by atoms with E-state index in [4.69, 9.17) is 11.6 Å². The number of nitrogens with zero attached hydrogens (tertiary/aromatic N) is 3. The molecule has 0 unspecified atom stereocenters. The molecule has 0 saturated heterocycles. The van der Waals surface area contributed by atoms with Crippen molar-refractivity contribution in [1.29, 1.82) is 5.26 Å². The van der Waals surface area contributed by atoms with Gasteiger partial charge in [-0.05, 0) is 37.6 Å². The SMILES string of the molecule is Cc1ccc(Cn2nc(C)c(/C=C(\C#N)C(=O)Nc3ccccc3F)c2Cl)cc1. The van der Waals surface area contributed by atoms with Crippen molar-refractivity contribution in [3.8, 4) is 6.07 Å². The average Bonchev–Trinajstić information content (AvgIpc) is 2.96. The summed E-state index contributed by atoms with van der Waals surface area (Å²) < 4.78 is 15.4. The zero-order valence-electron chi connectivity index (χ0n) is 15.9. The van der Waals surface area contributed by atoms with Gasteiger partial charge < -0.3 is 5.32 Å². The maximum atomic E-state index is 13.8. The number of hydrogen-bond acceptors (Lipinski definition) is 3. The predicted octanol–water partition coefficient (Wildman–Crippen LogP) is 4.89. The lowest BCUT2D eigenvalue weighted by Crippen LogP contribution is -2.14. The average molecular weight is 409 g/mol. The molecule has 0 saturated carbocycles. The Balaban J connectivity index is 1.86. The molecule has 2 aromatic carbocycles. The maximum Gasteiger partial charge on any atom is 0.266 e. The minimum Gasteiger partial charge on any atom is -0.319 e. The number of rotatable bonds is 5. The molecule has 0 bridgehead atoms. The van der Waals surface area contributed by atoms with Crippen molar-refractivity contribution >= 4 is 29.3 Å². The second-order valence-corrected chi connectivity index (χ2v) is 6.89. The molecule has 1 N–H and O–H groups in total. The van der Waals surface area contributed by atoms with Gasteiger partial charge in [0, 0.05) is 5.56 Å². The van der Waals surface area contributed by atoms with E-state index in [0.717, 1.165) is 11.1 Å². The van der Waals surface area contributed by atoms with Crippen LogP contribution in [0.2, 0.25) is 5.15 Å². The number of anilines is 1. The minimum atomic E-state index is -0.723. The molecular formula is C22H18ClFN4O. The van der Waals surface area contributed by atoms with Gasteiger partial charge in [-0.2, -0.15) is 10.4 Å². The highest BCUT2D eigenvalue weighted by Crippen LogP contribution is 2.24. The molecule has 0 aliphatic rings. The minimum absolute atomic E-state index is 0.00321. The van der Waals surface area contributed by atoms with Gasteiger partial charge in [0.15, 0.2) is 0 Å². The Morgan fingerprint density at radius 1 is 1.24 bits per heavy atom. The summed E-state index contributed by atoms with van der Waals surface area (Å²) >= 11 is 6.46. The summed E-state index contributed by atoms with van der Waals surface area (Å²) in [6.07, 6.45) is 1.37. The molecule has 3 rings (SSSR count). The number of carbonyl (C=O) groups is 1. The number of nitrogens with one attached hydrogen (secondary N) is 1. The zero-order chi connectivity index (χ0) is 21.0. The number of aryl methyl sites for hydroxylation is 2. The van der Waals surface area contributed by atoms with Crippen LogP contribution in [0.5, 0.6) is 0 Å². The van der Waals surface area contributed by atoms with Gasteiger partial charge in [-0.1, -0.05) is 53.6 Å². The monoisotopic (exact) mass is 408 g/mol. The van der Waals surface area contributed by atoms with Crippen molar-refractivity contribution in [2.24, 2.45) is 0 Å². The number of para-hydroxylation sites is 1. The van der Waals surface area contributed by atoms with E-state index >= 15 is 0 Å². The quantitative estimate of drug-likeness (QED) is 0.482. The van der Waals surface area contributed by atoms with E-state index in [9.17, 15) is 14.4 Å². The zero-order valence-corrected chi connectivity index (χ0v) is 16.7. The van der Waals surface area contributed by atoms with Crippen LogP contribution in [0, 0.1) is 31.0 Å². The van der Waals surface area contributed by atoms with Crippen molar-refractivity contribution in [1.82, 2.24) is 9.78 Å². The van der Waals surface area contributed by atoms with E-state index in [1.165, 1.54) is 24.3 Å². The van der Waals surface area contributed by atoms with Gasteiger partial charge in [-0.25, -0.2) is 9.07 Å². The lowest BCUT2D eigenvalue weighted by atomic mass is 10.1. The fourth-order valence-electron chi connectivity index (χ4n) is 2.75. The second-order valence-electron chi connectivity index (χ2n) is 6.54.